The number of imidazole rings is 1. The molecule has 0 atom stereocenters. The number of aryl methyl sites for hydroxylation is 2. The van der Waals surface area contributed by atoms with Crippen LogP contribution in [0, 0.1) is 13.8 Å². The first-order valence-corrected chi connectivity index (χ1v) is 6.28. The number of nitrogens with zero attached hydrogens (tertiary/aromatic N) is 1. The van der Waals surface area contributed by atoms with Crippen molar-refractivity contribution in [3.63, 3.8) is 0 Å². The zero-order valence-electron chi connectivity index (χ0n) is 9.74. The maximum Gasteiger partial charge on any atom is 0.148 e. The Kier molecular flexibility index (Phi) is 2.19. The third-order valence-corrected chi connectivity index (χ3v) is 4.10. The van der Waals surface area contributed by atoms with E-state index >= 15 is 0 Å². The molecule has 2 heterocycles. The predicted octanol–water partition coefficient (Wildman–Crippen LogP) is 3.49. The van der Waals surface area contributed by atoms with Crippen LogP contribution in [0.3, 0.4) is 0 Å². The molecule has 3 rings (SSSR count). The van der Waals surface area contributed by atoms with E-state index in [2.05, 4.69) is 29.9 Å². The van der Waals surface area contributed by atoms with Crippen molar-refractivity contribution < 1.29 is 0 Å². The second-order valence-electron chi connectivity index (χ2n) is 4.18. The van der Waals surface area contributed by atoms with Gasteiger partial charge >= 0.3 is 0 Å². The van der Waals surface area contributed by atoms with Gasteiger partial charge in [-0.15, -0.1) is 11.3 Å². The van der Waals surface area contributed by atoms with E-state index in [9.17, 15) is 0 Å². The monoisotopic (exact) mass is 243 g/mol. The van der Waals surface area contributed by atoms with E-state index in [1.807, 2.05) is 18.2 Å². The lowest BCUT2D eigenvalue weighted by molar-refractivity contribution is 1.35. The molecular weight excluding hydrogens is 230 g/mol. The Hall–Kier alpha value is -1.81. The number of rotatable bonds is 1. The van der Waals surface area contributed by atoms with Crippen LogP contribution in [0.1, 0.15) is 10.4 Å². The largest absolute Gasteiger partial charge is 0.397 e. The number of nitrogens with one attached hydrogen (secondary N) is 1. The first-order valence-electron chi connectivity index (χ1n) is 5.47. The van der Waals surface area contributed by atoms with Crippen LogP contribution in [0.4, 0.5) is 5.69 Å². The fourth-order valence-corrected chi connectivity index (χ4v) is 2.84. The van der Waals surface area contributed by atoms with Crippen molar-refractivity contribution in [3.8, 4) is 10.7 Å². The van der Waals surface area contributed by atoms with Crippen molar-refractivity contribution in [2.24, 2.45) is 0 Å². The number of hydrogen-bond donors (Lipinski definition) is 2. The second-order valence-corrected chi connectivity index (χ2v) is 5.43. The molecule has 1 aromatic carbocycles. The Labute approximate surface area is 103 Å². The summed E-state index contributed by atoms with van der Waals surface area (Å²) in [4.78, 5) is 10.4. The zero-order chi connectivity index (χ0) is 12.0. The van der Waals surface area contributed by atoms with Crippen molar-refractivity contribution in [2.45, 2.75) is 13.8 Å². The van der Waals surface area contributed by atoms with Gasteiger partial charge in [0.2, 0.25) is 0 Å². The third kappa shape index (κ3) is 1.61. The van der Waals surface area contributed by atoms with Crippen molar-refractivity contribution in [3.05, 3.63) is 34.7 Å². The standard InChI is InChI=1S/C13H13N3S/c1-7-6-11(17-8(7)2)13-15-10-5-3-4-9(14)12(10)16-13/h3-6H,14H2,1-2H3,(H,15,16). The molecule has 0 amide bonds. The maximum absolute atomic E-state index is 5.90. The molecule has 0 unspecified atom stereocenters. The molecule has 17 heavy (non-hydrogen) atoms. The zero-order valence-corrected chi connectivity index (χ0v) is 10.6. The minimum atomic E-state index is 0.718. The Morgan fingerprint density at radius 1 is 1.29 bits per heavy atom. The third-order valence-electron chi connectivity index (χ3n) is 2.94. The maximum atomic E-state index is 5.90. The Bertz CT molecular complexity index is 674. The average Bonchev–Trinajstić information content (AvgIpc) is 2.85. The first-order chi connectivity index (χ1) is 8.15. The van der Waals surface area contributed by atoms with Crippen LogP contribution >= 0.6 is 11.3 Å². The van der Waals surface area contributed by atoms with Gasteiger partial charge in [-0.2, -0.15) is 0 Å². The number of H-pyrrole nitrogens is 1. The van der Waals surface area contributed by atoms with Gasteiger partial charge in [0.1, 0.15) is 11.3 Å². The van der Waals surface area contributed by atoms with Crippen LogP contribution in [-0.4, -0.2) is 9.97 Å². The summed E-state index contributed by atoms with van der Waals surface area (Å²) in [5, 5.41) is 0. The SMILES string of the molecule is Cc1cc(-c2nc3c(N)cccc3[nH]2)sc1C. The fourth-order valence-electron chi connectivity index (χ4n) is 1.86. The van der Waals surface area contributed by atoms with Crippen molar-refractivity contribution >= 4 is 28.1 Å². The van der Waals surface area contributed by atoms with Gasteiger partial charge < -0.3 is 10.7 Å². The number of hydrogen-bond acceptors (Lipinski definition) is 3. The van der Waals surface area contributed by atoms with E-state index < -0.39 is 0 Å². The minimum absolute atomic E-state index is 0.718. The minimum Gasteiger partial charge on any atom is -0.397 e. The quantitative estimate of drug-likeness (QED) is 0.643. The molecular formula is C13H13N3S. The molecule has 0 aliphatic heterocycles. The smallest absolute Gasteiger partial charge is 0.148 e. The summed E-state index contributed by atoms with van der Waals surface area (Å²) >= 11 is 1.75. The molecule has 3 N–H and O–H groups in total. The highest BCUT2D eigenvalue weighted by Crippen LogP contribution is 2.31. The number of aromatic amines is 1. The number of aromatic nitrogens is 2. The van der Waals surface area contributed by atoms with Gasteiger partial charge in [0.15, 0.2) is 0 Å². The number of anilines is 1. The number of benzene rings is 1. The summed E-state index contributed by atoms with van der Waals surface area (Å²) in [6, 6.07) is 7.96. The van der Waals surface area contributed by atoms with E-state index in [0.717, 1.165) is 27.4 Å². The molecule has 0 saturated heterocycles. The van der Waals surface area contributed by atoms with Crippen LogP contribution in [-0.2, 0) is 0 Å². The summed E-state index contributed by atoms with van der Waals surface area (Å²) < 4.78 is 0. The topological polar surface area (TPSA) is 54.7 Å². The second kappa shape index (κ2) is 3.60. The van der Waals surface area contributed by atoms with E-state index in [-0.39, 0.29) is 0 Å². The lowest BCUT2D eigenvalue weighted by Gasteiger charge is -1.90. The van der Waals surface area contributed by atoms with E-state index in [1.165, 1.54) is 10.4 Å². The number of thiophene rings is 1. The lowest BCUT2D eigenvalue weighted by atomic mass is 10.3. The summed E-state index contributed by atoms with van der Waals surface area (Å²) in [5.41, 5.74) is 9.77. The van der Waals surface area contributed by atoms with Crippen LogP contribution in [0.5, 0.6) is 0 Å². The molecule has 3 nitrogen and oxygen atoms in total. The van der Waals surface area contributed by atoms with Gasteiger partial charge in [-0.25, -0.2) is 4.98 Å². The molecule has 0 aliphatic carbocycles. The highest BCUT2D eigenvalue weighted by atomic mass is 32.1. The van der Waals surface area contributed by atoms with Gasteiger partial charge in [-0.1, -0.05) is 6.07 Å². The number of nitrogen functional groups attached to an aromatic ring is 1. The van der Waals surface area contributed by atoms with E-state index in [0.29, 0.717) is 0 Å². The summed E-state index contributed by atoms with van der Waals surface area (Å²) in [7, 11) is 0. The molecule has 0 radical (unpaired) electrons. The molecule has 0 saturated carbocycles. The number of fused-ring (bicyclic) bond motifs is 1. The Morgan fingerprint density at radius 2 is 2.12 bits per heavy atom. The molecule has 4 heteroatoms. The van der Waals surface area contributed by atoms with Crippen LogP contribution in [0.2, 0.25) is 0 Å². The number of para-hydroxylation sites is 1. The molecule has 0 bridgehead atoms. The van der Waals surface area contributed by atoms with Crippen molar-refractivity contribution in [2.75, 3.05) is 5.73 Å². The molecule has 0 spiro atoms. The summed E-state index contributed by atoms with van der Waals surface area (Å²) in [5.74, 6) is 0.902. The van der Waals surface area contributed by atoms with Crippen LogP contribution in [0.15, 0.2) is 24.3 Å². The van der Waals surface area contributed by atoms with Crippen LogP contribution < -0.4 is 5.73 Å². The fraction of sp³-hybridized carbons (Fsp3) is 0.154. The Balaban J connectivity index is 2.21. The van der Waals surface area contributed by atoms with Crippen molar-refractivity contribution in [1.82, 2.24) is 9.97 Å². The summed E-state index contributed by atoms with van der Waals surface area (Å²) in [6.45, 7) is 4.24. The predicted molar refractivity (Wildman–Crippen MR) is 73.3 cm³/mol. The molecule has 3 aromatic rings. The highest BCUT2D eigenvalue weighted by molar-refractivity contribution is 7.15. The average molecular weight is 243 g/mol. The molecule has 86 valence electrons. The molecule has 0 aliphatic rings. The van der Waals surface area contributed by atoms with Gasteiger partial charge in [-0.3, -0.25) is 0 Å². The van der Waals surface area contributed by atoms with E-state index in [4.69, 9.17) is 5.73 Å². The van der Waals surface area contributed by atoms with Gasteiger partial charge in [-0.05, 0) is 37.6 Å². The van der Waals surface area contributed by atoms with Crippen molar-refractivity contribution in [1.29, 1.82) is 0 Å². The molecule has 2 aromatic heterocycles. The van der Waals surface area contributed by atoms with Crippen LogP contribution in [0.25, 0.3) is 21.7 Å². The van der Waals surface area contributed by atoms with Gasteiger partial charge in [0, 0.05) is 4.88 Å². The van der Waals surface area contributed by atoms with Gasteiger partial charge in [0.05, 0.1) is 16.1 Å². The lowest BCUT2D eigenvalue weighted by Crippen LogP contribution is -1.84. The summed E-state index contributed by atoms with van der Waals surface area (Å²) in [6.07, 6.45) is 0. The number of nitrogens with two attached hydrogens (primary N) is 1. The normalized spacial score (nSPS) is 11.2. The van der Waals surface area contributed by atoms with E-state index in [1.54, 1.807) is 11.3 Å². The Morgan fingerprint density at radius 3 is 2.76 bits per heavy atom. The van der Waals surface area contributed by atoms with Gasteiger partial charge in [0.25, 0.3) is 0 Å². The highest BCUT2D eigenvalue weighted by Gasteiger charge is 2.10. The molecule has 0 fully saturated rings. The first kappa shape index (κ1) is 10.4.